The molecule has 1 aromatic carbocycles. The SMILES string of the molecule is CC(=O)n1cc(CCN(C)C)c2c(OC(C)OC(=O)N(C)C)cccc21. The summed E-state index contributed by atoms with van der Waals surface area (Å²) in [6, 6.07) is 5.54. The number of carbonyl (C=O) groups is 2. The molecule has 1 unspecified atom stereocenters. The van der Waals surface area contributed by atoms with Crippen LogP contribution in [0.1, 0.15) is 24.2 Å². The van der Waals surface area contributed by atoms with Gasteiger partial charge in [-0.1, -0.05) is 6.07 Å². The van der Waals surface area contributed by atoms with Crippen LogP contribution in [0, 0.1) is 0 Å². The maximum atomic E-state index is 12.0. The second-order valence-electron chi connectivity index (χ2n) is 6.71. The minimum absolute atomic E-state index is 0.0599. The molecule has 7 nitrogen and oxygen atoms in total. The van der Waals surface area contributed by atoms with Crippen LogP contribution in [0.3, 0.4) is 0 Å². The molecule has 2 rings (SSSR count). The van der Waals surface area contributed by atoms with Gasteiger partial charge in [0.05, 0.1) is 5.52 Å². The molecule has 1 atom stereocenters. The second-order valence-corrected chi connectivity index (χ2v) is 6.71. The lowest BCUT2D eigenvalue weighted by Gasteiger charge is -2.19. The van der Waals surface area contributed by atoms with Gasteiger partial charge in [-0.2, -0.15) is 0 Å². The minimum Gasteiger partial charge on any atom is -0.454 e. The molecule has 0 N–H and O–H groups in total. The maximum Gasteiger partial charge on any atom is 0.412 e. The number of benzene rings is 1. The number of rotatable bonds is 6. The Bertz CT molecular complexity index is 795. The van der Waals surface area contributed by atoms with Crippen molar-refractivity contribution < 1.29 is 19.1 Å². The summed E-state index contributed by atoms with van der Waals surface area (Å²) in [5, 5.41) is 0.873. The van der Waals surface area contributed by atoms with E-state index in [0.29, 0.717) is 5.75 Å². The van der Waals surface area contributed by atoms with E-state index in [4.69, 9.17) is 9.47 Å². The Balaban J connectivity index is 2.39. The summed E-state index contributed by atoms with van der Waals surface area (Å²) < 4.78 is 12.7. The van der Waals surface area contributed by atoms with Crippen LogP contribution in [-0.4, -0.2) is 67.4 Å². The molecule has 0 fully saturated rings. The lowest BCUT2D eigenvalue weighted by Crippen LogP contribution is -2.29. The fraction of sp³-hybridized carbons (Fsp3) is 0.474. The van der Waals surface area contributed by atoms with Gasteiger partial charge in [0, 0.05) is 46.1 Å². The van der Waals surface area contributed by atoms with Gasteiger partial charge in [-0.15, -0.1) is 0 Å². The summed E-state index contributed by atoms with van der Waals surface area (Å²) in [6.07, 6.45) is 1.41. The Labute approximate surface area is 154 Å². The number of hydrogen-bond acceptors (Lipinski definition) is 5. The summed E-state index contributed by atoms with van der Waals surface area (Å²) in [6.45, 7) is 4.04. The fourth-order valence-corrected chi connectivity index (χ4v) is 2.68. The summed E-state index contributed by atoms with van der Waals surface area (Å²) in [4.78, 5) is 27.1. The molecule has 0 aliphatic carbocycles. The molecule has 0 aliphatic heterocycles. The summed E-state index contributed by atoms with van der Waals surface area (Å²) in [5.41, 5.74) is 1.81. The van der Waals surface area contributed by atoms with Crippen molar-refractivity contribution in [2.45, 2.75) is 26.6 Å². The zero-order valence-electron chi connectivity index (χ0n) is 16.3. The Kier molecular flexibility index (Phi) is 6.26. The molecule has 1 amide bonds. The van der Waals surface area contributed by atoms with Crippen molar-refractivity contribution in [3.05, 3.63) is 30.0 Å². The molecule has 0 saturated heterocycles. The summed E-state index contributed by atoms with van der Waals surface area (Å²) in [7, 11) is 7.24. The standard InChI is InChI=1S/C19H27N3O4/c1-13(23)22-12-15(10-11-20(3)4)18-16(22)8-7-9-17(18)25-14(2)26-19(24)21(5)6/h7-9,12,14H,10-11H2,1-6H3. The van der Waals surface area contributed by atoms with Gasteiger partial charge in [0.1, 0.15) is 5.75 Å². The lowest BCUT2D eigenvalue weighted by molar-refractivity contribution is -0.0279. The zero-order chi connectivity index (χ0) is 19.4. The van der Waals surface area contributed by atoms with Crippen molar-refractivity contribution in [1.29, 1.82) is 0 Å². The topological polar surface area (TPSA) is 64.0 Å². The third-order valence-electron chi connectivity index (χ3n) is 3.96. The van der Waals surface area contributed by atoms with Crippen LogP contribution < -0.4 is 4.74 Å². The first-order chi connectivity index (χ1) is 12.2. The van der Waals surface area contributed by atoms with Crippen LogP contribution in [0.5, 0.6) is 5.75 Å². The van der Waals surface area contributed by atoms with Gasteiger partial charge in [-0.3, -0.25) is 9.36 Å². The van der Waals surface area contributed by atoms with Gasteiger partial charge < -0.3 is 19.3 Å². The third kappa shape index (κ3) is 4.54. The minimum atomic E-state index is -0.752. The van der Waals surface area contributed by atoms with Crippen molar-refractivity contribution >= 4 is 22.9 Å². The van der Waals surface area contributed by atoms with Crippen molar-refractivity contribution in [2.24, 2.45) is 0 Å². The first kappa shape index (κ1) is 19.8. The van der Waals surface area contributed by atoms with E-state index in [2.05, 4.69) is 4.90 Å². The monoisotopic (exact) mass is 361 g/mol. The normalized spacial score (nSPS) is 12.3. The van der Waals surface area contributed by atoms with E-state index < -0.39 is 12.4 Å². The quantitative estimate of drug-likeness (QED) is 0.741. The van der Waals surface area contributed by atoms with Gasteiger partial charge in [0.25, 0.3) is 0 Å². The molecule has 26 heavy (non-hydrogen) atoms. The van der Waals surface area contributed by atoms with E-state index in [0.717, 1.165) is 29.4 Å². The zero-order valence-corrected chi connectivity index (χ0v) is 16.3. The van der Waals surface area contributed by atoms with E-state index in [1.54, 1.807) is 25.6 Å². The molecule has 7 heteroatoms. The van der Waals surface area contributed by atoms with Crippen LogP contribution >= 0.6 is 0 Å². The Morgan fingerprint density at radius 3 is 2.46 bits per heavy atom. The predicted molar refractivity (Wildman–Crippen MR) is 101 cm³/mol. The smallest absolute Gasteiger partial charge is 0.412 e. The van der Waals surface area contributed by atoms with E-state index >= 15 is 0 Å². The first-order valence-corrected chi connectivity index (χ1v) is 8.54. The molecule has 2 aromatic rings. The van der Waals surface area contributed by atoms with Crippen LogP contribution in [0.25, 0.3) is 10.9 Å². The summed E-state index contributed by atoms with van der Waals surface area (Å²) >= 11 is 0. The van der Waals surface area contributed by atoms with Crippen molar-refractivity contribution in [3.63, 3.8) is 0 Å². The highest BCUT2D eigenvalue weighted by atomic mass is 16.7. The Hall–Kier alpha value is -2.54. The van der Waals surface area contributed by atoms with E-state index in [-0.39, 0.29) is 5.91 Å². The predicted octanol–water partition coefficient (Wildman–Crippen LogP) is 2.83. The number of hydrogen-bond donors (Lipinski definition) is 0. The molecule has 142 valence electrons. The molecule has 1 heterocycles. The largest absolute Gasteiger partial charge is 0.454 e. The number of amides is 1. The average molecular weight is 361 g/mol. The first-order valence-electron chi connectivity index (χ1n) is 8.54. The van der Waals surface area contributed by atoms with Crippen LogP contribution in [0.4, 0.5) is 4.79 Å². The maximum absolute atomic E-state index is 12.0. The molecule has 0 spiro atoms. The van der Waals surface area contributed by atoms with Crippen LogP contribution in [0.2, 0.25) is 0 Å². The molecule has 0 aliphatic rings. The lowest BCUT2D eigenvalue weighted by atomic mass is 10.1. The van der Waals surface area contributed by atoms with E-state index in [1.165, 1.54) is 11.8 Å². The van der Waals surface area contributed by atoms with Crippen LogP contribution in [-0.2, 0) is 11.2 Å². The number of fused-ring (bicyclic) bond motifs is 1. The number of likely N-dealkylation sites (N-methyl/N-ethyl adjacent to an activating group) is 1. The van der Waals surface area contributed by atoms with Crippen molar-refractivity contribution in [1.82, 2.24) is 14.4 Å². The number of nitrogens with zero attached hydrogens (tertiary/aromatic N) is 3. The average Bonchev–Trinajstić information content (AvgIpc) is 2.92. The highest BCUT2D eigenvalue weighted by Gasteiger charge is 2.18. The molecule has 0 bridgehead atoms. The molecule has 0 radical (unpaired) electrons. The van der Waals surface area contributed by atoms with Gasteiger partial charge in [0.15, 0.2) is 0 Å². The van der Waals surface area contributed by atoms with Gasteiger partial charge >= 0.3 is 6.09 Å². The third-order valence-corrected chi connectivity index (χ3v) is 3.96. The number of ether oxygens (including phenoxy) is 2. The molecule has 1 aromatic heterocycles. The molecular formula is C19H27N3O4. The Morgan fingerprint density at radius 1 is 1.19 bits per heavy atom. The van der Waals surface area contributed by atoms with E-state index in [1.807, 2.05) is 38.5 Å². The fourth-order valence-electron chi connectivity index (χ4n) is 2.68. The highest BCUT2D eigenvalue weighted by molar-refractivity contribution is 5.97. The number of carbonyl (C=O) groups excluding carboxylic acids is 2. The van der Waals surface area contributed by atoms with Crippen molar-refractivity contribution in [2.75, 3.05) is 34.7 Å². The van der Waals surface area contributed by atoms with Gasteiger partial charge in [0.2, 0.25) is 12.2 Å². The Morgan fingerprint density at radius 2 is 1.88 bits per heavy atom. The van der Waals surface area contributed by atoms with E-state index in [9.17, 15) is 9.59 Å². The van der Waals surface area contributed by atoms with Gasteiger partial charge in [-0.05, 0) is 38.2 Å². The highest BCUT2D eigenvalue weighted by Crippen LogP contribution is 2.32. The summed E-state index contributed by atoms with van der Waals surface area (Å²) in [5.74, 6) is 0.533. The number of aromatic nitrogens is 1. The van der Waals surface area contributed by atoms with Crippen LogP contribution in [0.15, 0.2) is 24.4 Å². The second kappa shape index (κ2) is 8.23. The van der Waals surface area contributed by atoms with Gasteiger partial charge in [-0.25, -0.2) is 4.79 Å². The van der Waals surface area contributed by atoms with Crippen molar-refractivity contribution in [3.8, 4) is 5.75 Å². The molecular weight excluding hydrogens is 334 g/mol. The molecule has 0 saturated carbocycles.